The Morgan fingerprint density at radius 1 is 1.47 bits per heavy atom. The highest BCUT2D eigenvalue weighted by molar-refractivity contribution is 6.30. The summed E-state index contributed by atoms with van der Waals surface area (Å²) in [6, 6.07) is 7.29. The van der Waals surface area contributed by atoms with Crippen molar-refractivity contribution in [2.24, 2.45) is 0 Å². The van der Waals surface area contributed by atoms with Gasteiger partial charge in [0.05, 0.1) is 0 Å². The highest BCUT2D eigenvalue weighted by atomic mass is 35.5. The van der Waals surface area contributed by atoms with Crippen molar-refractivity contribution in [2.45, 2.75) is 18.9 Å². The Hall–Kier alpha value is -1.26. The minimum absolute atomic E-state index is 0.00338. The number of ether oxygens (including phenoxy) is 1. The number of benzene rings is 1. The van der Waals surface area contributed by atoms with Crippen LogP contribution in [0.2, 0.25) is 5.02 Å². The Labute approximate surface area is 118 Å². The van der Waals surface area contributed by atoms with Gasteiger partial charge in [0.15, 0.2) is 6.61 Å². The smallest absolute Gasteiger partial charge is 0.260 e. The van der Waals surface area contributed by atoms with Gasteiger partial charge in [-0.1, -0.05) is 11.6 Å². The third kappa shape index (κ3) is 4.11. The van der Waals surface area contributed by atoms with E-state index in [1.807, 2.05) is 7.05 Å². The summed E-state index contributed by atoms with van der Waals surface area (Å²) in [6.07, 6.45) is 2.16. The quantitative estimate of drug-likeness (QED) is 0.917. The molecular weight excluding hydrogens is 264 g/mol. The van der Waals surface area contributed by atoms with Crippen LogP contribution < -0.4 is 10.1 Å². The first-order chi connectivity index (χ1) is 9.16. The number of halogens is 1. The summed E-state index contributed by atoms with van der Waals surface area (Å²) in [7, 11) is 1.84. The molecule has 1 heterocycles. The van der Waals surface area contributed by atoms with Crippen LogP contribution in [-0.4, -0.2) is 43.6 Å². The summed E-state index contributed by atoms with van der Waals surface area (Å²) in [5.74, 6) is 0.663. The lowest BCUT2D eigenvalue weighted by Crippen LogP contribution is -2.48. The summed E-state index contributed by atoms with van der Waals surface area (Å²) in [5, 5.41) is 3.96. The number of likely N-dealkylation sites (N-methyl/N-ethyl adjacent to an activating group) is 1. The van der Waals surface area contributed by atoms with Crippen LogP contribution in [-0.2, 0) is 4.79 Å². The van der Waals surface area contributed by atoms with E-state index in [2.05, 4.69) is 5.32 Å². The minimum Gasteiger partial charge on any atom is -0.484 e. The Kier molecular flexibility index (Phi) is 5.05. The molecule has 1 atom stereocenters. The number of piperidine rings is 1. The van der Waals surface area contributed by atoms with E-state index in [-0.39, 0.29) is 18.6 Å². The van der Waals surface area contributed by atoms with E-state index in [1.54, 1.807) is 29.2 Å². The maximum Gasteiger partial charge on any atom is 0.260 e. The Morgan fingerprint density at radius 2 is 2.21 bits per heavy atom. The van der Waals surface area contributed by atoms with Crippen molar-refractivity contribution < 1.29 is 9.53 Å². The molecule has 0 spiro atoms. The fourth-order valence-corrected chi connectivity index (χ4v) is 2.27. The van der Waals surface area contributed by atoms with E-state index in [9.17, 15) is 4.79 Å². The molecule has 5 heteroatoms. The van der Waals surface area contributed by atoms with Gasteiger partial charge in [0.25, 0.3) is 5.91 Å². The molecule has 19 heavy (non-hydrogen) atoms. The summed E-state index contributed by atoms with van der Waals surface area (Å²) >= 11 is 5.79. The molecule has 2 rings (SSSR count). The van der Waals surface area contributed by atoms with Gasteiger partial charge in [-0.05, 0) is 43.7 Å². The molecule has 0 saturated carbocycles. The first-order valence-corrected chi connectivity index (χ1v) is 6.89. The number of nitrogens with one attached hydrogen (secondary N) is 1. The monoisotopic (exact) mass is 282 g/mol. The SMILES string of the molecule is CN(C(=O)COc1ccc(Cl)cc1)C1CCCNC1. The average Bonchev–Trinajstić information content (AvgIpc) is 2.46. The molecule has 104 valence electrons. The van der Waals surface area contributed by atoms with Crippen LogP contribution in [0.25, 0.3) is 0 Å². The number of amides is 1. The maximum atomic E-state index is 12.0. The largest absolute Gasteiger partial charge is 0.484 e. The first kappa shape index (κ1) is 14.2. The standard InChI is InChI=1S/C14H19ClN2O2/c1-17(12-3-2-8-16-9-12)14(18)10-19-13-6-4-11(15)5-7-13/h4-7,12,16H,2-3,8-10H2,1H3. The Balaban J connectivity index is 1.81. The summed E-state index contributed by atoms with van der Waals surface area (Å²) in [5.41, 5.74) is 0. The van der Waals surface area contributed by atoms with Crippen molar-refractivity contribution in [3.63, 3.8) is 0 Å². The summed E-state index contributed by atoms with van der Waals surface area (Å²) in [6.45, 7) is 1.97. The van der Waals surface area contributed by atoms with E-state index in [4.69, 9.17) is 16.3 Å². The van der Waals surface area contributed by atoms with Gasteiger partial charge in [-0.3, -0.25) is 4.79 Å². The Morgan fingerprint density at radius 3 is 2.84 bits per heavy atom. The fraction of sp³-hybridized carbons (Fsp3) is 0.500. The van der Waals surface area contributed by atoms with Gasteiger partial charge >= 0.3 is 0 Å². The molecule has 1 aromatic carbocycles. The molecule has 1 aliphatic heterocycles. The van der Waals surface area contributed by atoms with Gasteiger partial charge in [0.2, 0.25) is 0 Å². The molecule has 1 saturated heterocycles. The fourth-order valence-electron chi connectivity index (χ4n) is 2.15. The number of hydrogen-bond acceptors (Lipinski definition) is 3. The number of rotatable bonds is 4. The second kappa shape index (κ2) is 6.78. The van der Waals surface area contributed by atoms with E-state index in [1.165, 1.54) is 0 Å². The zero-order valence-corrected chi connectivity index (χ0v) is 11.8. The van der Waals surface area contributed by atoms with Crippen molar-refractivity contribution in [3.8, 4) is 5.75 Å². The minimum atomic E-state index is 0.00338. The molecule has 1 aromatic rings. The van der Waals surface area contributed by atoms with Gasteiger partial charge in [-0.25, -0.2) is 0 Å². The van der Waals surface area contributed by atoms with Crippen LogP contribution in [0.4, 0.5) is 0 Å². The predicted molar refractivity (Wildman–Crippen MR) is 75.6 cm³/mol. The average molecular weight is 283 g/mol. The van der Waals surface area contributed by atoms with Crippen molar-refractivity contribution in [2.75, 3.05) is 26.7 Å². The molecule has 1 N–H and O–H groups in total. The zero-order valence-electron chi connectivity index (χ0n) is 11.1. The number of nitrogens with zero attached hydrogens (tertiary/aromatic N) is 1. The van der Waals surface area contributed by atoms with Gasteiger partial charge in [-0.15, -0.1) is 0 Å². The topological polar surface area (TPSA) is 41.6 Å². The van der Waals surface area contributed by atoms with Crippen LogP contribution in [0.3, 0.4) is 0 Å². The molecule has 0 aromatic heterocycles. The normalized spacial score (nSPS) is 18.9. The molecule has 1 unspecified atom stereocenters. The highest BCUT2D eigenvalue weighted by Crippen LogP contribution is 2.16. The molecule has 1 aliphatic rings. The lowest BCUT2D eigenvalue weighted by atomic mass is 10.1. The second-order valence-electron chi connectivity index (χ2n) is 4.75. The van der Waals surface area contributed by atoms with Crippen LogP contribution in [0.5, 0.6) is 5.75 Å². The molecule has 4 nitrogen and oxygen atoms in total. The lowest BCUT2D eigenvalue weighted by Gasteiger charge is -2.31. The molecule has 1 fully saturated rings. The lowest BCUT2D eigenvalue weighted by molar-refractivity contribution is -0.134. The number of carbonyl (C=O) groups excluding carboxylic acids is 1. The highest BCUT2D eigenvalue weighted by Gasteiger charge is 2.21. The van der Waals surface area contributed by atoms with Gasteiger partial charge < -0.3 is 15.0 Å². The van der Waals surface area contributed by atoms with Gasteiger partial charge in [0.1, 0.15) is 5.75 Å². The predicted octanol–water partition coefficient (Wildman–Crippen LogP) is 1.93. The van der Waals surface area contributed by atoms with Crippen molar-refractivity contribution >= 4 is 17.5 Å². The maximum absolute atomic E-state index is 12.0. The molecule has 0 radical (unpaired) electrons. The van der Waals surface area contributed by atoms with Crippen LogP contribution in [0.1, 0.15) is 12.8 Å². The summed E-state index contributed by atoms with van der Waals surface area (Å²) < 4.78 is 5.46. The summed E-state index contributed by atoms with van der Waals surface area (Å²) in [4.78, 5) is 13.8. The van der Waals surface area contributed by atoms with Gasteiger partial charge in [0, 0.05) is 24.7 Å². The van der Waals surface area contributed by atoms with Crippen LogP contribution >= 0.6 is 11.6 Å². The third-order valence-electron chi connectivity index (χ3n) is 3.39. The van der Waals surface area contributed by atoms with Gasteiger partial charge in [-0.2, -0.15) is 0 Å². The number of carbonyl (C=O) groups is 1. The Bertz CT molecular complexity index is 416. The third-order valence-corrected chi connectivity index (χ3v) is 3.64. The molecule has 0 aliphatic carbocycles. The van der Waals surface area contributed by atoms with E-state index in [0.29, 0.717) is 10.8 Å². The van der Waals surface area contributed by atoms with Crippen LogP contribution in [0, 0.1) is 0 Å². The van der Waals surface area contributed by atoms with Crippen molar-refractivity contribution in [3.05, 3.63) is 29.3 Å². The second-order valence-corrected chi connectivity index (χ2v) is 5.18. The van der Waals surface area contributed by atoms with E-state index in [0.717, 1.165) is 25.9 Å². The molecule has 1 amide bonds. The van der Waals surface area contributed by atoms with Crippen molar-refractivity contribution in [1.82, 2.24) is 10.2 Å². The van der Waals surface area contributed by atoms with E-state index >= 15 is 0 Å². The first-order valence-electron chi connectivity index (χ1n) is 6.51. The zero-order chi connectivity index (χ0) is 13.7. The number of hydrogen-bond donors (Lipinski definition) is 1. The van der Waals surface area contributed by atoms with E-state index < -0.39 is 0 Å². The molecular formula is C14H19ClN2O2. The van der Waals surface area contributed by atoms with Crippen LogP contribution in [0.15, 0.2) is 24.3 Å². The molecule has 0 bridgehead atoms. The van der Waals surface area contributed by atoms with Crippen molar-refractivity contribution in [1.29, 1.82) is 0 Å².